The SMILES string of the molecule is NCC1CCCC1C(=O)NC1CCCCC1C(F)(F)F. The molecule has 0 saturated heterocycles. The minimum absolute atomic E-state index is 0.124. The Morgan fingerprint density at radius 2 is 1.80 bits per heavy atom. The molecule has 0 bridgehead atoms. The van der Waals surface area contributed by atoms with Crippen LogP contribution < -0.4 is 11.1 Å². The van der Waals surface area contributed by atoms with Crippen molar-refractivity contribution in [2.45, 2.75) is 57.2 Å². The van der Waals surface area contributed by atoms with E-state index in [-0.39, 0.29) is 24.2 Å². The van der Waals surface area contributed by atoms with Gasteiger partial charge in [-0.25, -0.2) is 0 Å². The molecule has 0 aromatic rings. The van der Waals surface area contributed by atoms with Crippen LogP contribution in [0.3, 0.4) is 0 Å². The van der Waals surface area contributed by atoms with E-state index in [0.717, 1.165) is 25.7 Å². The van der Waals surface area contributed by atoms with Gasteiger partial charge in [-0.2, -0.15) is 13.2 Å². The number of rotatable bonds is 3. The highest BCUT2D eigenvalue weighted by Crippen LogP contribution is 2.38. The minimum atomic E-state index is -4.22. The van der Waals surface area contributed by atoms with Crippen molar-refractivity contribution in [2.24, 2.45) is 23.5 Å². The third kappa shape index (κ3) is 3.45. The maximum Gasteiger partial charge on any atom is 0.393 e. The van der Waals surface area contributed by atoms with E-state index in [1.807, 2.05) is 0 Å². The molecule has 0 heterocycles. The summed E-state index contributed by atoms with van der Waals surface area (Å²) in [4.78, 5) is 12.2. The van der Waals surface area contributed by atoms with Gasteiger partial charge in [-0.05, 0) is 38.1 Å². The van der Waals surface area contributed by atoms with Crippen molar-refractivity contribution in [1.29, 1.82) is 0 Å². The number of carbonyl (C=O) groups excluding carboxylic acids is 1. The van der Waals surface area contributed by atoms with E-state index >= 15 is 0 Å². The number of hydrogen-bond acceptors (Lipinski definition) is 2. The summed E-state index contributed by atoms with van der Waals surface area (Å²) in [7, 11) is 0. The molecule has 0 aromatic heterocycles. The molecule has 2 aliphatic rings. The highest BCUT2D eigenvalue weighted by Gasteiger charge is 2.46. The molecular weight excluding hydrogens is 269 g/mol. The highest BCUT2D eigenvalue weighted by atomic mass is 19.4. The van der Waals surface area contributed by atoms with E-state index in [9.17, 15) is 18.0 Å². The third-order valence-corrected chi connectivity index (χ3v) is 4.81. The molecule has 0 spiro atoms. The number of halogens is 3. The summed E-state index contributed by atoms with van der Waals surface area (Å²) in [5.41, 5.74) is 5.63. The Balaban J connectivity index is 1.98. The topological polar surface area (TPSA) is 55.1 Å². The maximum absolute atomic E-state index is 13.0. The maximum atomic E-state index is 13.0. The predicted molar refractivity (Wildman–Crippen MR) is 69.8 cm³/mol. The Bertz CT molecular complexity index is 346. The van der Waals surface area contributed by atoms with E-state index in [1.165, 1.54) is 0 Å². The summed E-state index contributed by atoms with van der Waals surface area (Å²) < 4.78 is 39.0. The zero-order chi connectivity index (χ0) is 14.8. The van der Waals surface area contributed by atoms with Crippen LogP contribution in [0.15, 0.2) is 0 Å². The minimum Gasteiger partial charge on any atom is -0.353 e. The van der Waals surface area contributed by atoms with Gasteiger partial charge in [-0.15, -0.1) is 0 Å². The second-order valence-corrected chi connectivity index (χ2v) is 6.08. The zero-order valence-corrected chi connectivity index (χ0v) is 11.6. The van der Waals surface area contributed by atoms with Gasteiger partial charge in [0.05, 0.1) is 5.92 Å². The summed E-state index contributed by atoms with van der Waals surface area (Å²) in [6.07, 6.45) is 0.261. The van der Waals surface area contributed by atoms with Crippen LogP contribution in [-0.2, 0) is 4.79 Å². The molecule has 0 radical (unpaired) electrons. The van der Waals surface area contributed by atoms with E-state index in [0.29, 0.717) is 19.4 Å². The lowest BCUT2D eigenvalue weighted by molar-refractivity contribution is -0.189. The second kappa shape index (κ2) is 6.33. The molecule has 1 amide bonds. The first kappa shape index (κ1) is 15.6. The Kier molecular flexibility index (Phi) is 4.94. The van der Waals surface area contributed by atoms with Gasteiger partial charge in [-0.3, -0.25) is 4.79 Å². The van der Waals surface area contributed by atoms with Gasteiger partial charge in [-0.1, -0.05) is 19.3 Å². The van der Waals surface area contributed by atoms with Crippen molar-refractivity contribution in [3.63, 3.8) is 0 Å². The summed E-state index contributed by atoms with van der Waals surface area (Å²) in [5.74, 6) is -1.68. The van der Waals surface area contributed by atoms with Crippen molar-refractivity contribution in [3.05, 3.63) is 0 Å². The third-order valence-electron chi connectivity index (χ3n) is 4.81. The lowest BCUT2D eigenvalue weighted by Gasteiger charge is -2.34. The summed E-state index contributed by atoms with van der Waals surface area (Å²) in [5, 5.41) is 2.67. The normalized spacial score (nSPS) is 35.0. The van der Waals surface area contributed by atoms with Crippen molar-refractivity contribution in [1.82, 2.24) is 5.32 Å². The summed E-state index contributed by atoms with van der Waals surface area (Å²) in [6.45, 7) is 0.436. The largest absolute Gasteiger partial charge is 0.393 e. The number of amides is 1. The zero-order valence-electron chi connectivity index (χ0n) is 11.6. The van der Waals surface area contributed by atoms with Gasteiger partial charge in [0, 0.05) is 12.0 Å². The Morgan fingerprint density at radius 1 is 1.10 bits per heavy atom. The van der Waals surface area contributed by atoms with Gasteiger partial charge >= 0.3 is 6.18 Å². The van der Waals surface area contributed by atoms with Crippen LogP contribution >= 0.6 is 0 Å². The summed E-state index contributed by atoms with van der Waals surface area (Å²) in [6, 6.07) is -0.754. The molecule has 2 aliphatic carbocycles. The van der Waals surface area contributed by atoms with Gasteiger partial charge in [0.1, 0.15) is 0 Å². The fourth-order valence-corrected chi connectivity index (χ4v) is 3.65. The molecule has 20 heavy (non-hydrogen) atoms. The van der Waals surface area contributed by atoms with Crippen LogP contribution in [0, 0.1) is 17.8 Å². The molecule has 0 aromatic carbocycles. The van der Waals surface area contributed by atoms with Crippen molar-refractivity contribution < 1.29 is 18.0 Å². The summed E-state index contributed by atoms with van der Waals surface area (Å²) >= 11 is 0. The molecule has 2 rings (SSSR count). The molecule has 116 valence electrons. The Morgan fingerprint density at radius 3 is 2.45 bits per heavy atom. The number of nitrogens with one attached hydrogen (secondary N) is 1. The van der Waals surface area contributed by atoms with E-state index in [2.05, 4.69) is 5.32 Å². The molecule has 6 heteroatoms. The van der Waals surface area contributed by atoms with Crippen LogP contribution in [-0.4, -0.2) is 24.7 Å². The first-order valence-corrected chi connectivity index (χ1v) is 7.50. The number of nitrogens with two attached hydrogens (primary N) is 1. The fraction of sp³-hybridized carbons (Fsp3) is 0.929. The highest BCUT2D eigenvalue weighted by molar-refractivity contribution is 5.79. The molecule has 4 unspecified atom stereocenters. The van der Waals surface area contributed by atoms with Crippen molar-refractivity contribution >= 4 is 5.91 Å². The standard InChI is InChI=1S/C14H23F3N2O/c15-14(16,17)11-6-1-2-7-12(11)19-13(20)10-5-3-4-9(10)8-18/h9-12H,1-8,18H2,(H,19,20). The average Bonchev–Trinajstić information content (AvgIpc) is 2.86. The molecule has 2 fully saturated rings. The van der Waals surface area contributed by atoms with Crippen molar-refractivity contribution in [3.8, 4) is 0 Å². The van der Waals surface area contributed by atoms with Crippen LogP contribution in [0.4, 0.5) is 13.2 Å². The number of hydrogen-bond donors (Lipinski definition) is 2. The lowest BCUT2D eigenvalue weighted by atomic mass is 9.83. The van der Waals surface area contributed by atoms with Crippen LogP contribution in [0.1, 0.15) is 44.9 Å². The molecule has 3 N–H and O–H groups in total. The van der Waals surface area contributed by atoms with Crippen LogP contribution in [0.5, 0.6) is 0 Å². The quantitative estimate of drug-likeness (QED) is 0.840. The molecule has 2 saturated carbocycles. The van der Waals surface area contributed by atoms with E-state index < -0.39 is 18.1 Å². The van der Waals surface area contributed by atoms with E-state index in [4.69, 9.17) is 5.73 Å². The lowest BCUT2D eigenvalue weighted by Crippen LogP contribution is -2.50. The Labute approximate surface area is 117 Å². The fourth-order valence-electron chi connectivity index (χ4n) is 3.65. The first-order valence-electron chi connectivity index (χ1n) is 7.50. The molecule has 3 nitrogen and oxygen atoms in total. The molecular formula is C14H23F3N2O. The van der Waals surface area contributed by atoms with Gasteiger partial charge in [0.15, 0.2) is 0 Å². The Hall–Kier alpha value is -0.780. The van der Waals surface area contributed by atoms with Crippen molar-refractivity contribution in [2.75, 3.05) is 6.54 Å². The van der Waals surface area contributed by atoms with Gasteiger partial charge in [0.2, 0.25) is 5.91 Å². The van der Waals surface area contributed by atoms with Gasteiger partial charge < -0.3 is 11.1 Å². The molecule has 0 aliphatic heterocycles. The van der Waals surface area contributed by atoms with Crippen LogP contribution in [0.25, 0.3) is 0 Å². The number of carbonyl (C=O) groups is 1. The first-order chi connectivity index (χ1) is 9.43. The average molecular weight is 292 g/mol. The predicted octanol–water partition coefficient (Wildman–Crippen LogP) is 2.60. The molecule has 4 atom stereocenters. The van der Waals surface area contributed by atoms with E-state index in [1.54, 1.807) is 0 Å². The monoisotopic (exact) mass is 292 g/mol. The van der Waals surface area contributed by atoms with Gasteiger partial charge in [0.25, 0.3) is 0 Å². The smallest absolute Gasteiger partial charge is 0.353 e. The van der Waals surface area contributed by atoms with Crippen LogP contribution in [0.2, 0.25) is 0 Å². The number of alkyl halides is 3. The second-order valence-electron chi connectivity index (χ2n) is 6.08.